The maximum absolute atomic E-state index is 14.3. The van der Waals surface area contributed by atoms with Gasteiger partial charge in [-0.1, -0.05) is 30.0 Å². The van der Waals surface area contributed by atoms with Crippen molar-refractivity contribution in [2.45, 2.75) is 31.2 Å². The highest BCUT2D eigenvalue weighted by Gasteiger charge is 2.21. The lowest BCUT2D eigenvalue weighted by Gasteiger charge is -2.17. The van der Waals surface area contributed by atoms with Gasteiger partial charge in [0.15, 0.2) is 10.9 Å². The first-order chi connectivity index (χ1) is 16.2. The van der Waals surface area contributed by atoms with Gasteiger partial charge in [0.1, 0.15) is 5.82 Å². The van der Waals surface area contributed by atoms with Crippen LogP contribution in [-0.2, 0) is 4.79 Å². The van der Waals surface area contributed by atoms with Gasteiger partial charge in [0.05, 0.1) is 21.8 Å². The van der Waals surface area contributed by atoms with Gasteiger partial charge in [0.2, 0.25) is 5.91 Å². The fourth-order valence-corrected chi connectivity index (χ4v) is 4.31. The number of aromatic nitrogens is 2. The highest BCUT2D eigenvalue weighted by molar-refractivity contribution is 8.00. The summed E-state index contributed by atoms with van der Waals surface area (Å²) in [6.07, 6.45) is 0. The third kappa shape index (κ3) is 4.77. The minimum atomic E-state index is -0.623. The van der Waals surface area contributed by atoms with Gasteiger partial charge in [-0.25, -0.2) is 9.37 Å². The first-order valence-electron chi connectivity index (χ1n) is 10.6. The zero-order valence-corrected chi connectivity index (χ0v) is 19.7. The number of hydrogen-bond acceptors (Lipinski definition) is 5. The van der Waals surface area contributed by atoms with Crippen molar-refractivity contribution in [3.8, 4) is 5.69 Å². The number of carbonyl (C=O) groups excluding carboxylic acids is 2. The molecule has 0 aliphatic rings. The van der Waals surface area contributed by atoms with Gasteiger partial charge in [-0.05, 0) is 74.9 Å². The molecule has 0 spiro atoms. The Labute approximate surface area is 199 Å². The van der Waals surface area contributed by atoms with Crippen LogP contribution in [0.2, 0.25) is 0 Å². The van der Waals surface area contributed by atoms with Crippen molar-refractivity contribution in [2.75, 3.05) is 5.32 Å². The molecule has 4 aromatic rings. The average molecular weight is 476 g/mol. The zero-order chi connectivity index (χ0) is 24.4. The van der Waals surface area contributed by atoms with Crippen molar-refractivity contribution in [3.63, 3.8) is 0 Å². The second-order valence-electron chi connectivity index (χ2n) is 7.87. The number of anilines is 1. The number of amides is 1. The summed E-state index contributed by atoms with van der Waals surface area (Å²) in [6, 6.07) is 18.1. The Morgan fingerprint density at radius 2 is 1.76 bits per heavy atom. The molecule has 1 heterocycles. The molecule has 3 aromatic carbocycles. The lowest BCUT2D eigenvalue weighted by atomic mass is 10.1. The molecular weight excluding hydrogens is 453 g/mol. The van der Waals surface area contributed by atoms with Crippen LogP contribution >= 0.6 is 11.8 Å². The van der Waals surface area contributed by atoms with E-state index in [4.69, 9.17) is 0 Å². The van der Waals surface area contributed by atoms with Crippen molar-refractivity contribution in [2.24, 2.45) is 0 Å². The maximum Gasteiger partial charge on any atom is 0.266 e. The zero-order valence-electron chi connectivity index (χ0n) is 18.8. The maximum atomic E-state index is 14.3. The van der Waals surface area contributed by atoms with E-state index in [9.17, 15) is 18.8 Å². The fraction of sp³-hybridized carbons (Fsp3) is 0.154. The van der Waals surface area contributed by atoms with E-state index in [-0.39, 0.29) is 22.4 Å². The number of benzene rings is 3. The Kier molecular flexibility index (Phi) is 6.61. The Morgan fingerprint density at radius 1 is 1.06 bits per heavy atom. The number of carbonyl (C=O) groups is 2. The largest absolute Gasteiger partial charge is 0.325 e. The molecule has 6 nitrogen and oxygen atoms in total. The minimum absolute atomic E-state index is 0.0605. The number of fused-ring (bicyclic) bond motifs is 1. The van der Waals surface area contributed by atoms with Gasteiger partial charge >= 0.3 is 0 Å². The summed E-state index contributed by atoms with van der Waals surface area (Å²) in [4.78, 5) is 42.3. The van der Waals surface area contributed by atoms with E-state index < -0.39 is 11.1 Å². The van der Waals surface area contributed by atoms with Crippen LogP contribution in [-0.4, -0.2) is 26.5 Å². The molecule has 1 N–H and O–H groups in total. The standard InChI is InChI=1S/C26H22FN3O3S/c1-15-8-13-20(14-22(15)27)30-25(33)21-6-4-5-7-23(21)29-26(30)34-17(3)24(32)28-19-11-9-18(10-12-19)16(2)31/h4-14,17H,1-3H3,(H,28,32). The molecular formula is C26H22FN3O3S. The SMILES string of the molecule is CC(=O)c1ccc(NC(=O)C(C)Sc2nc3ccccc3c(=O)n2-c2ccc(C)c(F)c2)cc1. The third-order valence-electron chi connectivity index (χ3n) is 5.37. The van der Waals surface area contributed by atoms with Crippen LogP contribution < -0.4 is 10.9 Å². The highest BCUT2D eigenvalue weighted by Crippen LogP contribution is 2.26. The van der Waals surface area contributed by atoms with Gasteiger partial charge in [-0.15, -0.1) is 0 Å². The van der Waals surface area contributed by atoms with Crippen LogP contribution in [0.4, 0.5) is 10.1 Å². The topological polar surface area (TPSA) is 81.1 Å². The number of halogens is 1. The van der Waals surface area contributed by atoms with Gasteiger partial charge < -0.3 is 5.32 Å². The normalized spacial score (nSPS) is 11.9. The number of hydrogen-bond donors (Lipinski definition) is 1. The number of nitrogens with zero attached hydrogens (tertiary/aromatic N) is 2. The lowest BCUT2D eigenvalue weighted by molar-refractivity contribution is -0.115. The first kappa shape index (κ1) is 23.4. The Hall–Kier alpha value is -3.78. The second kappa shape index (κ2) is 9.61. The molecule has 0 fully saturated rings. The van der Waals surface area contributed by atoms with Crippen molar-refractivity contribution < 1.29 is 14.0 Å². The number of ketones is 1. The summed E-state index contributed by atoms with van der Waals surface area (Å²) in [5.41, 5.74) is 2.04. The second-order valence-corrected chi connectivity index (χ2v) is 9.18. The summed E-state index contributed by atoms with van der Waals surface area (Å²) in [5.74, 6) is -0.799. The number of nitrogens with one attached hydrogen (secondary N) is 1. The van der Waals surface area contributed by atoms with Crippen molar-refractivity contribution in [3.05, 3.63) is 94.0 Å². The molecule has 4 rings (SSSR count). The smallest absolute Gasteiger partial charge is 0.266 e. The third-order valence-corrected chi connectivity index (χ3v) is 6.42. The van der Waals surface area contributed by atoms with Crippen LogP contribution in [0.5, 0.6) is 0 Å². The summed E-state index contributed by atoms with van der Waals surface area (Å²) in [5, 5.41) is 2.86. The van der Waals surface area contributed by atoms with E-state index >= 15 is 0 Å². The molecule has 0 aliphatic carbocycles. The van der Waals surface area contributed by atoms with Gasteiger partial charge in [0.25, 0.3) is 5.56 Å². The Morgan fingerprint density at radius 3 is 2.44 bits per heavy atom. The number of rotatable bonds is 6. The summed E-state index contributed by atoms with van der Waals surface area (Å²) in [7, 11) is 0. The number of para-hydroxylation sites is 1. The van der Waals surface area contributed by atoms with Crippen molar-refractivity contribution in [1.82, 2.24) is 9.55 Å². The Balaban J connectivity index is 1.68. The van der Waals surface area contributed by atoms with Crippen molar-refractivity contribution >= 4 is 40.0 Å². The van der Waals surface area contributed by atoms with Gasteiger partial charge in [0, 0.05) is 11.3 Å². The van der Waals surface area contributed by atoms with Crippen LogP contribution in [0, 0.1) is 12.7 Å². The van der Waals surface area contributed by atoms with Gasteiger partial charge in [-0.2, -0.15) is 0 Å². The minimum Gasteiger partial charge on any atom is -0.325 e. The van der Waals surface area contributed by atoms with Crippen LogP contribution in [0.1, 0.15) is 29.8 Å². The first-order valence-corrected chi connectivity index (χ1v) is 11.5. The Bertz CT molecular complexity index is 1460. The molecule has 1 aromatic heterocycles. The average Bonchev–Trinajstić information content (AvgIpc) is 2.81. The fourth-order valence-electron chi connectivity index (χ4n) is 3.38. The molecule has 0 aliphatic heterocycles. The molecule has 0 bridgehead atoms. The highest BCUT2D eigenvalue weighted by atomic mass is 32.2. The molecule has 8 heteroatoms. The molecule has 0 radical (unpaired) electrons. The number of thioether (sulfide) groups is 1. The molecule has 1 amide bonds. The van der Waals surface area contributed by atoms with E-state index in [0.29, 0.717) is 33.4 Å². The van der Waals surface area contributed by atoms with Crippen LogP contribution in [0.3, 0.4) is 0 Å². The number of aryl methyl sites for hydroxylation is 1. The quantitative estimate of drug-likeness (QED) is 0.237. The van der Waals surface area contributed by atoms with Crippen LogP contribution in [0.15, 0.2) is 76.7 Å². The van der Waals surface area contributed by atoms with E-state index in [1.54, 1.807) is 74.5 Å². The van der Waals surface area contributed by atoms with Gasteiger partial charge in [-0.3, -0.25) is 19.0 Å². The summed E-state index contributed by atoms with van der Waals surface area (Å²) < 4.78 is 15.7. The van der Waals surface area contributed by atoms with E-state index in [1.165, 1.54) is 17.6 Å². The van der Waals surface area contributed by atoms with Crippen LogP contribution in [0.25, 0.3) is 16.6 Å². The molecule has 172 valence electrons. The summed E-state index contributed by atoms with van der Waals surface area (Å²) in [6.45, 7) is 4.82. The molecule has 0 saturated carbocycles. The molecule has 1 unspecified atom stereocenters. The van der Waals surface area contributed by atoms with E-state index in [1.807, 2.05) is 0 Å². The van der Waals surface area contributed by atoms with E-state index in [2.05, 4.69) is 10.3 Å². The molecule has 1 atom stereocenters. The predicted molar refractivity (Wildman–Crippen MR) is 132 cm³/mol. The van der Waals surface area contributed by atoms with Crippen molar-refractivity contribution in [1.29, 1.82) is 0 Å². The summed E-state index contributed by atoms with van der Waals surface area (Å²) >= 11 is 1.10. The monoisotopic (exact) mass is 475 g/mol. The lowest BCUT2D eigenvalue weighted by Crippen LogP contribution is -2.26. The molecule has 0 saturated heterocycles. The molecule has 34 heavy (non-hydrogen) atoms. The number of Topliss-reactive ketones (excluding diaryl/α,β-unsaturated/α-hetero) is 1. The predicted octanol–water partition coefficient (Wildman–Crippen LogP) is 5.16. The van der Waals surface area contributed by atoms with E-state index in [0.717, 1.165) is 11.8 Å².